The number of carboxylic acids is 1. The van der Waals surface area contributed by atoms with Crippen molar-refractivity contribution in [3.05, 3.63) is 0 Å². The van der Waals surface area contributed by atoms with Crippen molar-refractivity contribution >= 4 is 11.9 Å². The first-order valence-corrected chi connectivity index (χ1v) is 6.65. The highest BCUT2D eigenvalue weighted by molar-refractivity contribution is 5.80. The number of piperidine rings is 1. The van der Waals surface area contributed by atoms with Gasteiger partial charge in [0.2, 0.25) is 5.91 Å². The van der Waals surface area contributed by atoms with Gasteiger partial charge in [0.15, 0.2) is 0 Å². The highest BCUT2D eigenvalue weighted by Crippen LogP contribution is 2.28. The van der Waals surface area contributed by atoms with Crippen molar-refractivity contribution in [2.75, 3.05) is 13.2 Å². The maximum atomic E-state index is 12.4. The predicted molar refractivity (Wildman–Crippen MR) is 65.1 cm³/mol. The van der Waals surface area contributed by atoms with E-state index in [1.165, 1.54) is 0 Å². The van der Waals surface area contributed by atoms with Gasteiger partial charge >= 0.3 is 5.97 Å². The minimum Gasteiger partial charge on any atom is -0.481 e. The summed E-state index contributed by atoms with van der Waals surface area (Å²) in [5.74, 6) is -0.960. The summed E-state index contributed by atoms with van der Waals surface area (Å²) in [6.45, 7) is 5.08. The van der Waals surface area contributed by atoms with E-state index in [9.17, 15) is 9.59 Å². The average molecular weight is 255 g/mol. The molecular formula is C13H21NO4. The fraction of sp³-hybridized carbons (Fsp3) is 0.846. The molecule has 0 aromatic carbocycles. The molecule has 0 aromatic heterocycles. The van der Waals surface area contributed by atoms with Crippen molar-refractivity contribution in [3.8, 4) is 0 Å². The van der Waals surface area contributed by atoms with Crippen LogP contribution in [-0.4, -0.2) is 47.2 Å². The molecule has 2 aliphatic heterocycles. The highest BCUT2D eigenvalue weighted by Gasteiger charge is 2.38. The first kappa shape index (κ1) is 13.3. The minimum absolute atomic E-state index is 0.0121. The van der Waals surface area contributed by atoms with E-state index in [0.717, 1.165) is 6.42 Å². The Labute approximate surface area is 107 Å². The van der Waals surface area contributed by atoms with Gasteiger partial charge in [-0.25, -0.2) is 0 Å². The first-order valence-electron chi connectivity index (χ1n) is 6.65. The summed E-state index contributed by atoms with van der Waals surface area (Å²) >= 11 is 0. The fourth-order valence-electron chi connectivity index (χ4n) is 2.99. The molecule has 0 aliphatic carbocycles. The zero-order valence-corrected chi connectivity index (χ0v) is 11.0. The smallest absolute Gasteiger partial charge is 0.306 e. The Morgan fingerprint density at radius 3 is 2.50 bits per heavy atom. The number of carboxylic acid groups (broad SMARTS) is 1. The molecule has 2 saturated heterocycles. The molecule has 1 amide bonds. The number of carbonyl (C=O) groups is 2. The third kappa shape index (κ3) is 2.51. The molecule has 102 valence electrons. The van der Waals surface area contributed by atoms with Crippen molar-refractivity contribution in [1.82, 2.24) is 4.90 Å². The van der Waals surface area contributed by atoms with Crippen LogP contribution in [0.3, 0.4) is 0 Å². The number of hydrogen-bond acceptors (Lipinski definition) is 3. The lowest BCUT2D eigenvalue weighted by Crippen LogP contribution is -2.49. The molecule has 0 spiro atoms. The van der Waals surface area contributed by atoms with Crippen LogP contribution in [0.25, 0.3) is 0 Å². The van der Waals surface area contributed by atoms with Gasteiger partial charge in [0.1, 0.15) is 0 Å². The van der Waals surface area contributed by atoms with Crippen LogP contribution >= 0.6 is 0 Å². The SMILES string of the molecule is CC1OCCC1C(=O)N1CCC(C(=O)O)CC1C. The normalized spacial score (nSPS) is 36.7. The molecule has 2 aliphatic rings. The minimum atomic E-state index is -0.744. The summed E-state index contributed by atoms with van der Waals surface area (Å²) in [5, 5.41) is 9.01. The number of carbonyl (C=O) groups excluding carboxylic acids is 1. The van der Waals surface area contributed by atoms with Crippen LogP contribution in [0.4, 0.5) is 0 Å². The van der Waals surface area contributed by atoms with Crippen molar-refractivity contribution in [2.45, 2.75) is 45.3 Å². The monoisotopic (exact) mass is 255 g/mol. The second-order valence-corrected chi connectivity index (χ2v) is 5.41. The van der Waals surface area contributed by atoms with E-state index in [0.29, 0.717) is 26.0 Å². The number of ether oxygens (including phenoxy) is 1. The molecule has 0 bridgehead atoms. The molecule has 0 saturated carbocycles. The molecule has 5 nitrogen and oxygen atoms in total. The van der Waals surface area contributed by atoms with E-state index in [-0.39, 0.29) is 29.9 Å². The Morgan fingerprint density at radius 2 is 2.00 bits per heavy atom. The maximum absolute atomic E-state index is 12.4. The number of rotatable bonds is 2. The van der Waals surface area contributed by atoms with Crippen molar-refractivity contribution < 1.29 is 19.4 Å². The van der Waals surface area contributed by atoms with Gasteiger partial charge in [-0.1, -0.05) is 0 Å². The van der Waals surface area contributed by atoms with E-state index >= 15 is 0 Å². The summed E-state index contributed by atoms with van der Waals surface area (Å²) in [7, 11) is 0. The zero-order valence-electron chi connectivity index (χ0n) is 11.0. The summed E-state index contributed by atoms with van der Waals surface area (Å²) in [4.78, 5) is 25.2. The van der Waals surface area contributed by atoms with E-state index in [1.54, 1.807) is 0 Å². The van der Waals surface area contributed by atoms with Gasteiger partial charge in [-0.3, -0.25) is 9.59 Å². The quantitative estimate of drug-likeness (QED) is 0.803. The highest BCUT2D eigenvalue weighted by atomic mass is 16.5. The molecule has 2 heterocycles. The Morgan fingerprint density at radius 1 is 1.28 bits per heavy atom. The van der Waals surface area contributed by atoms with Gasteiger partial charge in [0.05, 0.1) is 17.9 Å². The Kier molecular flexibility index (Phi) is 3.90. The number of likely N-dealkylation sites (tertiary alicyclic amines) is 1. The van der Waals surface area contributed by atoms with Gasteiger partial charge < -0.3 is 14.7 Å². The molecular weight excluding hydrogens is 234 g/mol. The van der Waals surface area contributed by atoms with Crippen LogP contribution in [0.5, 0.6) is 0 Å². The lowest BCUT2D eigenvalue weighted by molar-refractivity contribution is -0.149. The summed E-state index contributed by atoms with van der Waals surface area (Å²) in [6, 6.07) is 0.0140. The molecule has 2 fully saturated rings. The second-order valence-electron chi connectivity index (χ2n) is 5.41. The Balaban J connectivity index is 1.98. The number of aliphatic carboxylic acids is 1. The lowest BCUT2D eigenvalue weighted by atomic mass is 9.90. The number of nitrogens with zero attached hydrogens (tertiary/aromatic N) is 1. The van der Waals surface area contributed by atoms with Crippen molar-refractivity contribution in [3.63, 3.8) is 0 Å². The molecule has 5 heteroatoms. The predicted octanol–water partition coefficient (Wildman–Crippen LogP) is 1.12. The van der Waals surface area contributed by atoms with E-state index in [4.69, 9.17) is 9.84 Å². The number of hydrogen-bond donors (Lipinski definition) is 1. The molecule has 18 heavy (non-hydrogen) atoms. The van der Waals surface area contributed by atoms with Gasteiger partial charge in [-0.15, -0.1) is 0 Å². The van der Waals surface area contributed by atoms with Crippen molar-refractivity contribution in [1.29, 1.82) is 0 Å². The topological polar surface area (TPSA) is 66.8 Å². The second kappa shape index (κ2) is 5.26. The number of amides is 1. The molecule has 0 aromatic rings. The molecule has 0 radical (unpaired) electrons. The van der Waals surface area contributed by atoms with Crippen LogP contribution in [0.2, 0.25) is 0 Å². The van der Waals surface area contributed by atoms with Crippen LogP contribution in [0.1, 0.15) is 33.1 Å². The van der Waals surface area contributed by atoms with Crippen LogP contribution in [0.15, 0.2) is 0 Å². The lowest BCUT2D eigenvalue weighted by Gasteiger charge is -2.38. The fourth-order valence-corrected chi connectivity index (χ4v) is 2.99. The zero-order chi connectivity index (χ0) is 13.3. The molecule has 4 atom stereocenters. The van der Waals surface area contributed by atoms with Gasteiger partial charge in [0, 0.05) is 19.2 Å². The third-order valence-corrected chi connectivity index (χ3v) is 4.20. The largest absolute Gasteiger partial charge is 0.481 e. The standard InChI is InChI=1S/C13H21NO4/c1-8-7-10(13(16)17)3-5-14(8)12(15)11-4-6-18-9(11)2/h8-11H,3-7H2,1-2H3,(H,16,17). The maximum Gasteiger partial charge on any atom is 0.306 e. The van der Waals surface area contributed by atoms with E-state index < -0.39 is 5.97 Å². The van der Waals surface area contributed by atoms with Crippen molar-refractivity contribution in [2.24, 2.45) is 11.8 Å². The van der Waals surface area contributed by atoms with Gasteiger partial charge in [-0.05, 0) is 33.1 Å². The average Bonchev–Trinajstić information content (AvgIpc) is 2.74. The van der Waals surface area contributed by atoms with E-state index in [2.05, 4.69) is 0 Å². The van der Waals surface area contributed by atoms with Crippen LogP contribution < -0.4 is 0 Å². The molecule has 1 N–H and O–H groups in total. The van der Waals surface area contributed by atoms with Crippen LogP contribution in [0, 0.1) is 11.8 Å². The summed E-state index contributed by atoms with van der Waals surface area (Å²) in [6.07, 6.45) is 1.89. The first-order chi connectivity index (χ1) is 8.50. The Hall–Kier alpha value is -1.10. The third-order valence-electron chi connectivity index (χ3n) is 4.20. The summed E-state index contributed by atoms with van der Waals surface area (Å²) in [5.41, 5.74) is 0. The van der Waals surface area contributed by atoms with Gasteiger partial charge in [-0.2, -0.15) is 0 Å². The summed E-state index contributed by atoms with van der Waals surface area (Å²) < 4.78 is 5.43. The molecule has 2 rings (SSSR count). The Bertz CT molecular complexity index is 344. The van der Waals surface area contributed by atoms with E-state index in [1.807, 2.05) is 18.7 Å². The van der Waals surface area contributed by atoms with Crippen LogP contribution in [-0.2, 0) is 14.3 Å². The molecule has 4 unspecified atom stereocenters. The van der Waals surface area contributed by atoms with Gasteiger partial charge in [0.25, 0.3) is 0 Å².